The summed E-state index contributed by atoms with van der Waals surface area (Å²) in [6.45, 7) is 0.220. The lowest BCUT2D eigenvalue weighted by molar-refractivity contribution is -0.150. The minimum Gasteiger partial charge on any atom is -0.496 e. The molecule has 4 amide bonds. The molecule has 5 heterocycles. The van der Waals surface area contributed by atoms with Crippen molar-refractivity contribution >= 4 is 50.7 Å². The van der Waals surface area contributed by atoms with Crippen molar-refractivity contribution in [2.45, 2.75) is 50.4 Å². The van der Waals surface area contributed by atoms with Crippen molar-refractivity contribution in [3.8, 4) is 22.6 Å². The fourth-order valence-corrected chi connectivity index (χ4v) is 8.78. The van der Waals surface area contributed by atoms with Crippen LogP contribution in [0.1, 0.15) is 50.4 Å². The Hall–Kier alpha value is -5.35. The number of aryl methyl sites for hydroxylation is 1. The minimum absolute atomic E-state index is 0.0797. The number of hydrogen-bond donors (Lipinski definition) is 1. The van der Waals surface area contributed by atoms with Crippen LogP contribution in [0.5, 0.6) is 11.5 Å². The maximum absolute atomic E-state index is 15.8. The summed E-state index contributed by atoms with van der Waals surface area (Å²) in [7, 11) is 10.0. The highest BCUT2D eigenvalue weighted by Gasteiger charge is 2.46. The van der Waals surface area contributed by atoms with Gasteiger partial charge in [-0.25, -0.2) is 8.78 Å². The molecule has 0 spiro atoms. The topological polar surface area (TPSA) is 134 Å². The molecule has 0 saturated carbocycles. The number of piperidine rings is 2. The Bertz CT molecular complexity index is 2280. The van der Waals surface area contributed by atoms with Crippen LogP contribution in [0.4, 0.5) is 14.5 Å². The first-order valence-corrected chi connectivity index (χ1v) is 18.6. The lowest BCUT2D eigenvalue weighted by Crippen LogP contribution is -2.58. The number of likely N-dealkylation sites (tertiary alicyclic amines) is 1. The molecule has 2 atom stereocenters. The van der Waals surface area contributed by atoms with Crippen LogP contribution in [0.25, 0.3) is 21.2 Å². The Labute approximate surface area is 320 Å². The lowest BCUT2D eigenvalue weighted by atomic mass is 9.99. The second kappa shape index (κ2) is 14.4. The molecule has 2 unspecified atom stereocenters. The Morgan fingerprint density at radius 1 is 1.00 bits per heavy atom. The van der Waals surface area contributed by atoms with Gasteiger partial charge in [-0.05, 0) is 68.4 Å². The van der Waals surface area contributed by atoms with E-state index in [1.165, 1.54) is 27.5 Å². The molecule has 2 aromatic heterocycles. The number of pyridine rings is 1. The summed E-state index contributed by atoms with van der Waals surface area (Å²) in [6, 6.07) is 7.86. The number of carbonyl (C=O) groups is 4. The van der Waals surface area contributed by atoms with Crippen LogP contribution in [0.15, 0.2) is 47.4 Å². The van der Waals surface area contributed by atoms with Crippen LogP contribution < -0.4 is 25.2 Å². The number of benzene rings is 2. The van der Waals surface area contributed by atoms with Crippen molar-refractivity contribution in [3.05, 3.63) is 74.5 Å². The fourth-order valence-electron chi connectivity index (χ4n) is 7.69. The normalized spacial score (nSPS) is 19.7. The molecule has 0 aliphatic carbocycles. The molecular weight excluding hydrogens is 735 g/mol. The molecular formula is C39H42F2N6O7S. The highest BCUT2D eigenvalue weighted by Crippen LogP contribution is 2.40. The van der Waals surface area contributed by atoms with Gasteiger partial charge in [0.15, 0.2) is 0 Å². The number of aromatic nitrogens is 1. The van der Waals surface area contributed by atoms with Gasteiger partial charge >= 0.3 is 0 Å². The molecule has 1 N–H and O–H groups in total. The van der Waals surface area contributed by atoms with Gasteiger partial charge in [0, 0.05) is 67.9 Å². The number of fused-ring (bicyclic) bond motifs is 2. The molecule has 55 heavy (non-hydrogen) atoms. The molecule has 7 rings (SSSR count). The first kappa shape index (κ1) is 37.9. The standard InChI is InChI=1S/C39H42F2N6O7S/c1-43(2)18-27-29(53-5)13-22(14-30(27)54-6)26-19-44(3)36(50)25-16-31(55-34(25)26)35(49)42-32-11-12-46(20-39(32,40)41)23-8-7-21-17-47(37(51)24(21)15-23)28-9-10-33(48)45(4)38(28)52/h7-8,13-16,19,28,32H,9-12,17-18,20H2,1-6H3,(H,42,49). The fraction of sp³-hybridized carbons (Fsp3) is 0.410. The van der Waals surface area contributed by atoms with Gasteiger partial charge in [-0.15, -0.1) is 11.3 Å². The van der Waals surface area contributed by atoms with E-state index in [1.54, 1.807) is 45.7 Å². The number of halogens is 2. The van der Waals surface area contributed by atoms with E-state index in [9.17, 15) is 24.0 Å². The van der Waals surface area contributed by atoms with Gasteiger partial charge in [0.2, 0.25) is 5.91 Å². The second-order valence-electron chi connectivity index (χ2n) is 14.5. The zero-order valence-electron chi connectivity index (χ0n) is 31.4. The molecule has 4 aromatic rings. The van der Waals surface area contributed by atoms with Crippen molar-refractivity contribution in [1.82, 2.24) is 24.6 Å². The van der Waals surface area contributed by atoms with Crippen LogP contribution in [0.2, 0.25) is 0 Å². The van der Waals surface area contributed by atoms with Gasteiger partial charge in [-0.2, -0.15) is 0 Å². The number of rotatable bonds is 9. The molecule has 2 fully saturated rings. The number of likely N-dealkylation sites (N-methyl/N-ethyl adjacent to an activating group) is 1. The summed E-state index contributed by atoms with van der Waals surface area (Å²) in [6.07, 6.45) is 1.98. The average molecular weight is 777 g/mol. The van der Waals surface area contributed by atoms with Crippen LogP contribution in [-0.4, -0.2) is 109 Å². The number of nitrogens with one attached hydrogen (secondary N) is 1. The number of anilines is 1. The van der Waals surface area contributed by atoms with Crippen molar-refractivity contribution in [2.75, 3.05) is 53.4 Å². The molecule has 3 aliphatic heterocycles. The van der Waals surface area contributed by atoms with Crippen LogP contribution in [0.3, 0.4) is 0 Å². The highest BCUT2D eigenvalue weighted by atomic mass is 32.1. The number of alkyl halides is 2. The van der Waals surface area contributed by atoms with Crippen LogP contribution >= 0.6 is 11.3 Å². The molecule has 2 saturated heterocycles. The molecule has 2 aromatic carbocycles. The van der Waals surface area contributed by atoms with E-state index in [-0.39, 0.29) is 60.0 Å². The molecule has 16 heteroatoms. The number of hydrogen-bond acceptors (Lipinski definition) is 10. The zero-order chi connectivity index (χ0) is 39.5. The summed E-state index contributed by atoms with van der Waals surface area (Å²) in [4.78, 5) is 71.2. The lowest BCUT2D eigenvalue weighted by Gasteiger charge is -2.39. The SMILES string of the molecule is COc1cc(-c2cn(C)c(=O)c3cc(C(=O)NC4CCN(c5ccc6c(c5)C(=O)N(C5CCC(=O)N(C)C5=O)C6)CC4(F)F)sc23)cc(OC)c1CN(C)C. The van der Waals surface area contributed by atoms with Gasteiger partial charge in [0.25, 0.3) is 29.2 Å². The van der Waals surface area contributed by atoms with Crippen molar-refractivity contribution in [2.24, 2.45) is 7.05 Å². The smallest absolute Gasteiger partial charge is 0.284 e. The maximum Gasteiger partial charge on any atom is 0.284 e. The largest absolute Gasteiger partial charge is 0.496 e. The van der Waals surface area contributed by atoms with E-state index in [0.717, 1.165) is 21.8 Å². The van der Waals surface area contributed by atoms with Gasteiger partial charge < -0.3 is 34.1 Å². The molecule has 0 radical (unpaired) electrons. The number of methoxy groups -OCH3 is 2. The van der Waals surface area contributed by atoms with Gasteiger partial charge in [0.05, 0.1) is 42.6 Å². The predicted octanol–water partition coefficient (Wildman–Crippen LogP) is 4.09. The number of nitrogens with zero attached hydrogens (tertiary/aromatic N) is 5. The number of amides is 4. The monoisotopic (exact) mass is 776 g/mol. The van der Waals surface area contributed by atoms with Crippen molar-refractivity contribution in [3.63, 3.8) is 0 Å². The van der Waals surface area contributed by atoms with Gasteiger partial charge in [0.1, 0.15) is 17.5 Å². The molecule has 13 nitrogen and oxygen atoms in total. The maximum atomic E-state index is 15.8. The van der Waals surface area contributed by atoms with Gasteiger partial charge in [-0.1, -0.05) is 6.07 Å². The minimum atomic E-state index is -3.34. The number of thiophene rings is 1. The van der Waals surface area contributed by atoms with E-state index in [0.29, 0.717) is 50.7 Å². The molecule has 290 valence electrons. The predicted molar refractivity (Wildman–Crippen MR) is 203 cm³/mol. The number of ether oxygens (including phenoxy) is 2. The van der Waals surface area contributed by atoms with E-state index < -0.39 is 36.4 Å². The Balaban J connectivity index is 1.09. The first-order chi connectivity index (χ1) is 26.1. The van der Waals surface area contributed by atoms with Crippen molar-refractivity contribution in [1.29, 1.82) is 0 Å². The summed E-state index contributed by atoms with van der Waals surface area (Å²) in [5.41, 5.74) is 3.29. The molecule has 3 aliphatic rings. The van der Waals surface area contributed by atoms with E-state index in [1.807, 2.05) is 31.1 Å². The Morgan fingerprint density at radius 3 is 2.36 bits per heavy atom. The third-order valence-electron chi connectivity index (χ3n) is 10.7. The van der Waals surface area contributed by atoms with Crippen LogP contribution in [0, 0.1) is 0 Å². The Kier molecular flexibility index (Phi) is 9.92. The van der Waals surface area contributed by atoms with Gasteiger partial charge in [-0.3, -0.25) is 28.9 Å². The van der Waals surface area contributed by atoms with E-state index >= 15 is 8.78 Å². The number of imide groups is 1. The highest BCUT2D eigenvalue weighted by molar-refractivity contribution is 7.21. The second-order valence-corrected chi connectivity index (χ2v) is 15.6. The zero-order valence-corrected chi connectivity index (χ0v) is 32.2. The first-order valence-electron chi connectivity index (χ1n) is 17.8. The molecule has 0 bridgehead atoms. The van der Waals surface area contributed by atoms with E-state index in [2.05, 4.69) is 5.32 Å². The summed E-state index contributed by atoms with van der Waals surface area (Å²) in [5, 5.41) is 2.82. The van der Waals surface area contributed by atoms with Crippen molar-refractivity contribution < 1.29 is 37.4 Å². The summed E-state index contributed by atoms with van der Waals surface area (Å²) >= 11 is 1.05. The number of carbonyl (C=O) groups excluding carboxylic acids is 4. The third-order valence-corrected chi connectivity index (χ3v) is 11.8. The quantitative estimate of drug-likeness (QED) is 0.250. The van der Waals surface area contributed by atoms with E-state index in [4.69, 9.17) is 9.47 Å². The average Bonchev–Trinajstić information content (AvgIpc) is 3.74. The Morgan fingerprint density at radius 2 is 1.71 bits per heavy atom. The summed E-state index contributed by atoms with van der Waals surface area (Å²) < 4.78 is 45.0. The van der Waals surface area contributed by atoms with Crippen LogP contribution in [-0.2, 0) is 29.7 Å². The third kappa shape index (κ3) is 6.81. The summed E-state index contributed by atoms with van der Waals surface area (Å²) in [5.74, 6) is -3.99.